The molecule has 2 nitrogen and oxygen atoms in total. The van der Waals surface area contributed by atoms with Crippen molar-refractivity contribution in [2.75, 3.05) is 11.4 Å². The van der Waals surface area contributed by atoms with Crippen molar-refractivity contribution in [1.29, 1.82) is 0 Å². The Morgan fingerprint density at radius 3 is 3.20 bits per heavy atom. The van der Waals surface area contributed by atoms with Crippen molar-refractivity contribution in [2.24, 2.45) is 5.92 Å². The van der Waals surface area contributed by atoms with Gasteiger partial charge in [-0.2, -0.15) is 0 Å². The molecule has 1 aliphatic heterocycles. The van der Waals surface area contributed by atoms with Gasteiger partial charge in [0.25, 0.3) is 0 Å². The fourth-order valence-electron chi connectivity index (χ4n) is 2.96. The minimum Gasteiger partial charge on any atom is -0.345 e. The molecule has 1 saturated carbocycles. The standard InChI is InChI=1S/C11H15ClN2S/c12-6-9-7-13-11(15-9)14-5-4-8-2-1-3-10(8)14/h7-8,10H,1-6H2. The Hall–Kier alpha value is -0.280. The van der Waals surface area contributed by atoms with Crippen LogP contribution in [0.25, 0.3) is 0 Å². The number of alkyl halides is 1. The Labute approximate surface area is 99.3 Å². The molecule has 0 amide bonds. The molecule has 3 rings (SSSR count). The second-order valence-electron chi connectivity index (χ2n) is 4.48. The molecule has 82 valence electrons. The summed E-state index contributed by atoms with van der Waals surface area (Å²) in [7, 11) is 0. The van der Waals surface area contributed by atoms with Crippen LogP contribution in [0.1, 0.15) is 30.6 Å². The van der Waals surface area contributed by atoms with Gasteiger partial charge in [0.05, 0.1) is 5.88 Å². The van der Waals surface area contributed by atoms with Gasteiger partial charge in [0.15, 0.2) is 5.13 Å². The van der Waals surface area contributed by atoms with E-state index >= 15 is 0 Å². The summed E-state index contributed by atoms with van der Waals surface area (Å²) in [4.78, 5) is 8.19. The number of anilines is 1. The van der Waals surface area contributed by atoms with Gasteiger partial charge >= 0.3 is 0 Å². The molecular weight excluding hydrogens is 228 g/mol. The summed E-state index contributed by atoms with van der Waals surface area (Å²) >= 11 is 7.57. The molecule has 2 aliphatic rings. The van der Waals surface area contributed by atoms with Crippen molar-refractivity contribution < 1.29 is 0 Å². The molecular formula is C11H15ClN2S. The monoisotopic (exact) mass is 242 g/mol. The SMILES string of the molecule is ClCc1cnc(N2CCC3CCCC32)s1. The van der Waals surface area contributed by atoms with Crippen molar-refractivity contribution in [1.82, 2.24) is 4.98 Å². The van der Waals surface area contributed by atoms with Gasteiger partial charge < -0.3 is 4.90 Å². The zero-order chi connectivity index (χ0) is 10.3. The number of halogens is 1. The highest BCUT2D eigenvalue weighted by Gasteiger charge is 2.38. The summed E-state index contributed by atoms with van der Waals surface area (Å²) in [5, 5.41) is 1.19. The van der Waals surface area contributed by atoms with E-state index in [1.807, 2.05) is 6.20 Å². The number of aromatic nitrogens is 1. The van der Waals surface area contributed by atoms with Gasteiger partial charge in [-0.1, -0.05) is 6.42 Å². The first-order valence-corrected chi connectivity index (χ1v) is 7.01. The van der Waals surface area contributed by atoms with Crippen LogP contribution in [0.2, 0.25) is 0 Å². The highest BCUT2D eigenvalue weighted by molar-refractivity contribution is 7.15. The van der Waals surface area contributed by atoms with Gasteiger partial charge in [0.2, 0.25) is 0 Å². The van der Waals surface area contributed by atoms with Crippen LogP contribution in [0.15, 0.2) is 6.20 Å². The van der Waals surface area contributed by atoms with Crippen LogP contribution >= 0.6 is 22.9 Å². The lowest BCUT2D eigenvalue weighted by Crippen LogP contribution is -2.29. The molecule has 0 bridgehead atoms. The lowest BCUT2D eigenvalue weighted by Gasteiger charge is -2.22. The van der Waals surface area contributed by atoms with Crippen LogP contribution < -0.4 is 4.90 Å². The van der Waals surface area contributed by atoms with E-state index in [0.717, 1.165) is 12.0 Å². The normalized spacial score (nSPS) is 29.8. The van der Waals surface area contributed by atoms with Gasteiger partial charge in [-0.3, -0.25) is 0 Å². The first-order chi connectivity index (χ1) is 7.38. The second kappa shape index (κ2) is 3.95. The fourth-order valence-corrected chi connectivity index (χ4v) is 4.04. The number of rotatable bonds is 2. The smallest absolute Gasteiger partial charge is 0.185 e. The van der Waals surface area contributed by atoms with Gasteiger partial charge in [-0.05, 0) is 25.2 Å². The Balaban J connectivity index is 1.81. The Kier molecular flexibility index (Phi) is 2.61. The summed E-state index contributed by atoms with van der Waals surface area (Å²) in [6.07, 6.45) is 7.48. The Morgan fingerprint density at radius 2 is 2.40 bits per heavy atom. The summed E-state index contributed by atoms with van der Waals surface area (Å²) in [6, 6.07) is 0.777. The van der Waals surface area contributed by atoms with Gasteiger partial charge in [0.1, 0.15) is 0 Å². The van der Waals surface area contributed by atoms with Crippen molar-refractivity contribution in [2.45, 2.75) is 37.6 Å². The average molecular weight is 243 g/mol. The lowest BCUT2D eigenvalue weighted by atomic mass is 10.1. The summed E-state index contributed by atoms with van der Waals surface area (Å²) in [5.74, 6) is 1.54. The van der Waals surface area contributed by atoms with Crippen molar-refractivity contribution in [3.63, 3.8) is 0 Å². The molecule has 1 aromatic rings. The molecule has 1 aromatic heterocycles. The predicted molar refractivity (Wildman–Crippen MR) is 64.8 cm³/mol. The summed E-state index contributed by atoms with van der Waals surface area (Å²) in [5.41, 5.74) is 0. The van der Waals surface area contributed by atoms with Gasteiger partial charge in [-0.25, -0.2) is 4.98 Å². The molecule has 0 radical (unpaired) electrons. The molecule has 1 saturated heterocycles. The van der Waals surface area contributed by atoms with Crippen molar-refractivity contribution in [3.8, 4) is 0 Å². The van der Waals surface area contributed by atoms with E-state index in [1.54, 1.807) is 11.3 Å². The number of thiazole rings is 1. The van der Waals surface area contributed by atoms with Gasteiger partial charge in [0, 0.05) is 23.7 Å². The molecule has 0 spiro atoms. The third-order valence-electron chi connectivity index (χ3n) is 3.68. The molecule has 1 aliphatic carbocycles. The summed E-state index contributed by atoms with van der Waals surface area (Å²) < 4.78 is 0. The van der Waals surface area contributed by atoms with E-state index in [9.17, 15) is 0 Å². The zero-order valence-electron chi connectivity index (χ0n) is 8.66. The van der Waals surface area contributed by atoms with E-state index < -0.39 is 0 Å². The molecule has 0 N–H and O–H groups in total. The average Bonchev–Trinajstić information content (AvgIpc) is 2.92. The molecule has 2 fully saturated rings. The van der Waals surface area contributed by atoms with E-state index in [4.69, 9.17) is 11.6 Å². The van der Waals surface area contributed by atoms with Crippen LogP contribution in [0.5, 0.6) is 0 Å². The van der Waals surface area contributed by atoms with Gasteiger partial charge in [-0.15, -0.1) is 22.9 Å². The molecule has 15 heavy (non-hydrogen) atoms. The number of hydrogen-bond donors (Lipinski definition) is 0. The van der Waals surface area contributed by atoms with Crippen LogP contribution in [0.3, 0.4) is 0 Å². The third kappa shape index (κ3) is 1.66. The number of hydrogen-bond acceptors (Lipinski definition) is 3. The largest absolute Gasteiger partial charge is 0.345 e. The van der Waals surface area contributed by atoms with E-state index in [2.05, 4.69) is 9.88 Å². The highest BCUT2D eigenvalue weighted by atomic mass is 35.5. The third-order valence-corrected chi connectivity index (χ3v) is 5.16. The first-order valence-electron chi connectivity index (χ1n) is 5.66. The maximum atomic E-state index is 5.81. The number of fused-ring (bicyclic) bond motifs is 1. The van der Waals surface area contributed by atoms with E-state index in [-0.39, 0.29) is 0 Å². The second-order valence-corrected chi connectivity index (χ2v) is 5.84. The lowest BCUT2D eigenvalue weighted by molar-refractivity contribution is 0.541. The molecule has 0 aromatic carbocycles. The van der Waals surface area contributed by atoms with Crippen LogP contribution in [-0.4, -0.2) is 17.6 Å². The van der Waals surface area contributed by atoms with Crippen LogP contribution in [-0.2, 0) is 5.88 Å². The first kappa shape index (κ1) is 9.91. The molecule has 2 unspecified atom stereocenters. The van der Waals surface area contributed by atoms with E-state index in [1.165, 1.54) is 42.2 Å². The number of nitrogens with zero attached hydrogens (tertiary/aromatic N) is 2. The maximum absolute atomic E-state index is 5.81. The Bertz CT molecular complexity index is 352. The molecule has 2 heterocycles. The fraction of sp³-hybridized carbons (Fsp3) is 0.727. The van der Waals surface area contributed by atoms with Crippen LogP contribution in [0, 0.1) is 5.92 Å². The van der Waals surface area contributed by atoms with E-state index in [0.29, 0.717) is 5.88 Å². The molecule has 4 heteroatoms. The minimum absolute atomic E-state index is 0.597. The highest BCUT2D eigenvalue weighted by Crippen LogP contribution is 2.41. The minimum atomic E-state index is 0.597. The Morgan fingerprint density at radius 1 is 1.47 bits per heavy atom. The quantitative estimate of drug-likeness (QED) is 0.740. The van der Waals surface area contributed by atoms with Crippen molar-refractivity contribution in [3.05, 3.63) is 11.1 Å². The molecule has 2 atom stereocenters. The van der Waals surface area contributed by atoms with Crippen molar-refractivity contribution >= 4 is 28.1 Å². The summed E-state index contributed by atoms with van der Waals surface area (Å²) in [6.45, 7) is 1.20. The predicted octanol–water partition coefficient (Wildman–Crippen LogP) is 3.26. The zero-order valence-corrected chi connectivity index (χ0v) is 10.2. The maximum Gasteiger partial charge on any atom is 0.185 e. The topological polar surface area (TPSA) is 16.1 Å². The van der Waals surface area contributed by atoms with Crippen LogP contribution in [0.4, 0.5) is 5.13 Å².